The van der Waals surface area contributed by atoms with Crippen molar-refractivity contribution in [3.8, 4) is 11.8 Å². The molecule has 0 aliphatic heterocycles. The summed E-state index contributed by atoms with van der Waals surface area (Å²) in [6.45, 7) is 4.16. The Morgan fingerprint density at radius 2 is 2.00 bits per heavy atom. The van der Waals surface area contributed by atoms with Crippen LogP contribution < -0.4 is 15.4 Å². The van der Waals surface area contributed by atoms with E-state index in [4.69, 9.17) is 21.6 Å². The van der Waals surface area contributed by atoms with Crippen molar-refractivity contribution in [1.82, 2.24) is 10.6 Å². The minimum absolute atomic E-state index is 0.0545. The molecule has 0 heterocycles. The van der Waals surface area contributed by atoms with E-state index in [0.717, 1.165) is 16.1 Å². The van der Waals surface area contributed by atoms with Gasteiger partial charge in [0.05, 0.1) is 12.5 Å². The second-order valence-electron chi connectivity index (χ2n) is 4.00. The van der Waals surface area contributed by atoms with Gasteiger partial charge in [-0.05, 0) is 37.1 Å². The molecular formula is C13H16ClN3O2. The molecule has 0 radical (unpaired) electrons. The number of hydrogen-bond donors (Lipinski definition) is 2. The zero-order valence-electron chi connectivity index (χ0n) is 10.9. The van der Waals surface area contributed by atoms with Gasteiger partial charge in [0.1, 0.15) is 5.75 Å². The van der Waals surface area contributed by atoms with Crippen molar-refractivity contribution in [2.24, 2.45) is 0 Å². The number of rotatable bonds is 5. The van der Waals surface area contributed by atoms with E-state index in [9.17, 15) is 4.79 Å². The summed E-state index contributed by atoms with van der Waals surface area (Å²) in [5.41, 5.74) is 1.85. The maximum Gasteiger partial charge on any atom is 0.317 e. The molecule has 19 heavy (non-hydrogen) atoms. The highest BCUT2D eigenvalue weighted by molar-refractivity contribution is 6.32. The van der Waals surface area contributed by atoms with Crippen molar-refractivity contribution in [3.05, 3.63) is 28.3 Å². The van der Waals surface area contributed by atoms with Crippen molar-refractivity contribution >= 4 is 17.6 Å². The van der Waals surface area contributed by atoms with Gasteiger partial charge in [0.25, 0.3) is 0 Å². The normalized spacial score (nSPS) is 9.58. The van der Waals surface area contributed by atoms with E-state index < -0.39 is 0 Å². The Morgan fingerprint density at radius 1 is 1.37 bits per heavy atom. The molecule has 0 unspecified atom stereocenters. The van der Waals surface area contributed by atoms with Gasteiger partial charge in [0, 0.05) is 11.6 Å². The predicted octanol–water partition coefficient (Wildman–Crippen LogP) is 2.51. The third-order valence-corrected chi connectivity index (χ3v) is 3.00. The lowest BCUT2D eigenvalue weighted by atomic mass is 10.1. The Bertz CT molecular complexity index is 474. The van der Waals surface area contributed by atoms with Crippen molar-refractivity contribution in [1.29, 1.82) is 5.26 Å². The highest BCUT2D eigenvalue weighted by atomic mass is 35.5. The smallest absolute Gasteiger partial charge is 0.317 e. The first-order valence-electron chi connectivity index (χ1n) is 5.82. The minimum atomic E-state index is -0.363. The van der Waals surface area contributed by atoms with Gasteiger partial charge in [0.2, 0.25) is 0 Å². The summed E-state index contributed by atoms with van der Waals surface area (Å²) < 4.78 is 5.40. The largest absolute Gasteiger partial charge is 0.473 e. The van der Waals surface area contributed by atoms with Crippen LogP contribution in [0.15, 0.2) is 12.1 Å². The molecule has 0 saturated carbocycles. The van der Waals surface area contributed by atoms with Gasteiger partial charge in [-0.3, -0.25) is 0 Å². The second kappa shape index (κ2) is 7.49. The van der Waals surface area contributed by atoms with Crippen LogP contribution in [-0.4, -0.2) is 19.3 Å². The minimum Gasteiger partial charge on any atom is -0.473 e. The molecule has 6 heteroatoms. The summed E-state index contributed by atoms with van der Waals surface area (Å²) in [6.07, 6.45) is 0.282. The van der Waals surface area contributed by atoms with Crippen molar-refractivity contribution in [2.75, 3.05) is 13.3 Å². The van der Waals surface area contributed by atoms with E-state index in [1.807, 2.05) is 32.0 Å². The van der Waals surface area contributed by atoms with Crippen LogP contribution >= 0.6 is 11.6 Å². The Kier molecular flexibility index (Phi) is 5.97. The third kappa shape index (κ3) is 5.06. The van der Waals surface area contributed by atoms with Crippen LogP contribution in [0.3, 0.4) is 0 Å². The first kappa shape index (κ1) is 15.1. The molecule has 1 aromatic rings. The maximum atomic E-state index is 11.3. The zero-order chi connectivity index (χ0) is 14.3. The molecule has 2 amide bonds. The van der Waals surface area contributed by atoms with Crippen LogP contribution in [0.2, 0.25) is 5.02 Å². The summed E-state index contributed by atoms with van der Waals surface area (Å²) in [6, 6.07) is 5.19. The molecule has 1 aromatic carbocycles. The van der Waals surface area contributed by atoms with Crippen molar-refractivity contribution < 1.29 is 9.53 Å². The van der Waals surface area contributed by atoms with Crippen LogP contribution in [-0.2, 0) is 0 Å². The second-order valence-corrected chi connectivity index (χ2v) is 4.38. The van der Waals surface area contributed by atoms with E-state index in [0.29, 0.717) is 12.3 Å². The number of carbonyl (C=O) groups is 1. The van der Waals surface area contributed by atoms with Crippen LogP contribution in [0, 0.1) is 25.2 Å². The number of urea groups is 1. The fourth-order valence-corrected chi connectivity index (χ4v) is 1.58. The summed E-state index contributed by atoms with van der Waals surface area (Å²) in [5.74, 6) is 0.650. The van der Waals surface area contributed by atoms with Gasteiger partial charge >= 0.3 is 6.03 Å². The van der Waals surface area contributed by atoms with Gasteiger partial charge in [-0.1, -0.05) is 11.6 Å². The van der Waals surface area contributed by atoms with Gasteiger partial charge < -0.3 is 15.4 Å². The molecule has 0 aliphatic rings. The Hall–Kier alpha value is -1.93. The quantitative estimate of drug-likeness (QED) is 0.643. The molecule has 0 saturated heterocycles. The van der Waals surface area contributed by atoms with Crippen LogP contribution in [0.4, 0.5) is 4.79 Å². The molecular weight excluding hydrogens is 266 g/mol. The Labute approximate surface area is 117 Å². The third-order valence-electron chi connectivity index (χ3n) is 2.40. The average Bonchev–Trinajstić information content (AvgIpc) is 2.36. The maximum absolute atomic E-state index is 11.3. The summed E-state index contributed by atoms with van der Waals surface area (Å²) >= 11 is 6.04. The van der Waals surface area contributed by atoms with E-state index in [-0.39, 0.29) is 19.2 Å². The van der Waals surface area contributed by atoms with Crippen LogP contribution in [0.25, 0.3) is 0 Å². The van der Waals surface area contributed by atoms with E-state index >= 15 is 0 Å². The standard InChI is InChI=1S/C13H16ClN3O2/c1-9-6-11(7-10(2)12(9)14)19-8-17-13(18)16-5-3-4-15/h6-7H,3,5,8H2,1-2H3,(H2,16,17,18). The van der Waals surface area contributed by atoms with Gasteiger partial charge in [0.15, 0.2) is 6.73 Å². The molecule has 0 fully saturated rings. The molecule has 0 aliphatic carbocycles. The number of aryl methyl sites for hydroxylation is 2. The lowest BCUT2D eigenvalue weighted by molar-refractivity contribution is 0.224. The lowest BCUT2D eigenvalue weighted by Gasteiger charge is -2.11. The van der Waals surface area contributed by atoms with Crippen LogP contribution in [0.1, 0.15) is 17.5 Å². The molecule has 0 atom stereocenters. The lowest BCUT2D eigenvalue weighted by Crippen LogP contribution is -2.38. The Balaban J connectivity index is 2.37. The molecule has 2 N–H and O–H groups in total. The SMILES string of the molecule is Cc1cc(OCNC(=O)NCCC#N)cc(C)c1Cl. The molecule has 0 aromatic heterocycles. The van der Waals surface area contributed by atoms with Crippen LogP contribution in [0.5, 0.6) is 5.75 Å². The molecule has 1 rings (SSSR count). The number of nitriles is 1. The van der Waals surface area contributed by atoms with Gasteiger partial charge in [-0.15, -0.1) is 0 Å². The number of halogens is 1. The number of benzene rings is 1. The van der Waals surface area contributed by atoms with Gasteiger partial charge in [-0.25, -0.2) is 4.79 Å². The highest BCUT2D eigenvalue weighted by Gasteiger charge is 2.04. The number of hydrogen-bond acceptors (Lipinski definition) is 3. The predicted molar refractivity (Wildman–Crippen MR) is 73.2 cm³/mol. The van der Waals surface area contributed by atoms with Gasteiger partial charge in [-0.2, -0.15) is 5.26 Å². The fourth-order valence-electron chi connectivity index (χ4n) is 1.47. The molecule has 0 bridgehead atoms. The van der Waals surface area contributed by atoms with E-state index in [1.165, 1.54) is 0 Å². The number of amides is 2. The summed E-state index contributed by atoms with van der Waals surface area (Å²) in [7, 11) is 0. The number of nitrogens with zero attached hydrogens (tertiary/aromatic N) is 1. The number of ether oxygens (including phenoxy) is 1. The number of carbonyl (C=O) groups excluding carboxylic acids is 1. The van der Waals surface area contributed by atoms with E-state index in [1.54, 1.807) is 0 Å². The fraction of sp³-hybridized carbons (Fsp3) is 0.385. The first-order valence-corrected chi connectivity index (χ1v) is 6.20. The molecule has 102 valence electrons. The molecule has 0 spiro atoms. The van der Waals surface area contributed by atoms with Crippen molar-refractivity contribution in [3.63, 3.8) is 0 Å². The highest BCUT2D eigenvalue weighted by Crippen LogP contribution is 2.25. The summed E-state index contributed by atoms with van der Waals surface area (Å²) in [5, 5.41) is 14.1. The summed E-state index contributed by atoms with van der Waals surface area (Å²) in [4.78, 5) is 11.3. The molecule has 5 nitrogen and oxygen atoms in total. The average molecular weight is 282 g/mol. The monoisotopic (exact) mass is 281 g/mol. The Morgan fingerprint density at radius 3 is 2.58 bits per heavy atom. The number of nitrogens with one attached hydrogen (secondary N) is 2. The van der Waals surface area contributed by atoms with E-state index in [2.05, 4.69) is 10.6 Å². The van der Waals surface area contributed by atoms with Crippen molar-refractivity contribution in [2.45, 2.75) is 20.3 Å². The zero-order valence-corrected chi connectivity index (χ0v) is 11.7. The first-order chi connectivity index (χ1) is 9.04. The topological polar surface area (TPSA) is 74.2 Å².